The lowest BCUT2D eigenvalue weighted by atomic mass is 10.0. The predicted octanol–water partition coefficient (Wildman–Crippen LogP) is 2.48. The van der Waals surface area contributed by atoms with Crippen molar-refractivity contribution in [2.24, 2.45) is 5.73 Å². The average molecular weight is 186 g/mol. The van der Waals surface area contributed by atoms with Gasteiger partial charge in [0.15, 0.2) is 0 Å². The van der Waals surface area contributed by atoms with E-state index in [1.807, 2.05) is 0 Å². The number of rotatable bonds is 2. The van der Waals surface area contributed by atoms with Crippen LogP contribution in [0.5, 0.6) is 0 Å². The van der Waals surface area contributed by atoms with E-state index in [1.54, 1.807) is 0 Å². The molecule has 2 N–H and O–H groups in total. The maximum atomic E-state index is 5.54. The smallest absolute Gasteiger partial charge is 0.00109 e. The molecule has 68 valence electrons. The minimum absolute atomic E-state index is 0. The van der Waals surface area contributed by atoms with Crippen molar-refractivity contribution in [2.45, 2.75) is 19.8 Å². The van der Waals surface area contributed by atoms with E-state index in [9.17, 15) is 0 Å². The number of benzene rings is 1. The molecule has 0 spiro atoms. The van der Waals surface area contributed by atoms with E-state index in [-0.39, 0.29) is 12.4 Å². The first-order chi connectivity index (χ1) is 5.24. The molecule has 0 saturated carbocycles. The molecule has 0 amide bonds. The van der Waals surface area contributed by atoms with E-state index in [0.29, 0.717) is 5.92 Å². The van der Waals surface area contributed by atoms with Gasteiger partial charge < -0.3 is 5.73 Å². The maximum Gasteiger partial charge on any atom is -0.00109 e. The van der Waals surface area contributed by atoms with Crippen molar-refractivity contribution in [3.63, 3.8) is 0 Å². The van der Waals surface area contributed by atoms with Crippen LogP contribution in [0.3, 0.4) is 0 Å². The highest BCUT2D eigenvalue weighted by Crippen LogP contribution is 2.13. The number of halogens is 1. The standard InChI is InChI=1S/C10H15N.ClH/c1-8-3-5-10(6-4-8)9(2)7-11;/h3-6,9H,7,11H2,1-2H3;1H. The molecule has 1 aromatic rings. The molecule has 1 rings (SSSR count). The Kier molecular flexibility index (Phi) is 4.95. The van der Waals surface area contributed by atoms with Gasteiger partial charge in [0.2, 0.25) is 0 Å². The summed E-state index contributed by atoms with van der Waals surface area (Å²) >= 11 is 0. The Morgan fingerprint density at radius 2 is 1.75 bits per heavy atom. The summed E-state index contributed by atoms with van der Waals surface area (Å²) < 4.78 is 0. The molecule has 0 aliphatic rings. The van der Waals surface area contributed by atoms with Gasteiger partial charge in [-0.15, -0.1) is 12.4 Å². The van der Waals surface area contributed by atoms with Crippen molar-refractivity contribution < 1.29 is 0 Å². The molecule has 0 heterocycles. The van der Waals surface area contributed by atoms with Crippen LogP contribution in [0.25, 0.3) is 0 Å². The zero-order chi connectivity index (χ0) is 8.27. The Balaban J connectivity index is 0.00000121. The summed E-state index contributed by atoms with van der Waals surface area (Å²) in [5.74, 6) is 0.482. The van der Waals surface area contributed by atoms with E-state index in [1.165, 1.54) is 11.1 Å². The van der Waals surface area contributed by atoms with E-state index in [4.69, 9.17) is 5.73 Å². The first-order valence-electron chi connectivity index (χ1n) is 4.00. The fraction of sp³-hybridized carbons (Fsp3) is 0.400. The largest absolute Gasteiger partial charge is 0.330 e. The molecule has 1 aromatic carbocycles. The molecule has 0 aromatic heterocycles. The van der Waals surface area contributed by atoms with Crippen molar-refractivity contribution in [2.75, 3.05) is 6.54 Å². The molecule has 1 nitrogen and oxygen atoms in total. The summed E-state index contributed by atoms with van der Waals surface area (Å²) in [6.45, 7) is 4.96. The van der Waals surface area contributed by atoms with Crippen LogP contribution < -0.4 is 5.73 Å². The van der Waals surface area contributed by atoms with Crippen LogP contribution in [0.2, 0.25) is 0 Å². The highest BCUT2D eigenvalue weighted by atomic mass is 35.5. The molecule has 0 aliphatic carbocycles. The summed E-state index contributed by atoms with van der Waals surface area (Å²) in [4.78, 5) is 0. The van der Waals surface area contributed by atoms with Crippen LogP contribution in [-0.4, -0.2) is 6.54 Å². The number of hydrogen-bond acceptors (Lipinski definition) is 1. The zero-order valence-electron chi connectivity index (χ0n) is 7.58. The Morgan fingerprint density at radius 1 is 1.25 bits per heavy atom. The molecule has 0 radical (unpaired) electrons. The lowest BCUT2D eigenvalue weighted by molar-refractivity contribution is 0.774. The first-order valence-corrected chi connectivity index (χ1v) is 4.00. The molecule has 1 atom stereocenters. The van der Waals surface area contributed by atoms with Gasteiger partial charge in [-0.25, -0.2) is 0 Å². The summed E-state index contributed by atoms with van der Waals surface area (Å²) in [5, 5.41) is 0. The molecule has 0 aliphatic heterocycles. The second-order valence-corrected chi connectivity index (χ2v) is 3.05. The molecule has 0 bridgehead atoms. The van der Waals surface area contributed by atoms with Gasteiger partial charge in [0.05, 0.1) is 0 Å². The van der Waals surface area contributed by atoms with Gasteiger partial charge in [-0.2, -0.15) is 0 Å². The van der Waals surface area contributed by atoms with E-state index in [0.717, 1.165) is 6.54 Å². The normalized spacial score (nSPS) is 11.9. The molecular weight excluding hydrogens is 170 g/mol. The molecule has 2 heteroatoms. The molecule has 1 unspecified atom stereocenters. The summed E-state index contributed by atoms with van der Waals surface area (Å²) in [7, 11) is 0. The Labute approximate surface area is 80.4 Å². The highest BCUT2D eigenvalue weighted by molar-refractivity contribution is 5.85. The van der Waals surface area contributed by atoms with Gasteiger partial charge in [0.1, 0.15) is 0 Å². The third kappa shape index (κ3) is 2.84. The van der Waals surface area contributed by atoms with E-state index in [2.05, 4.69) is 38.1 Å². The number of aryl methyl sites for hydroxylation is 1. The van der Waals surface area contributed by atoms with Crippen LogP contribution >= 0.6 is 12.4 Å². The average Bonchev–Trinajstić information content (AvgIpc) is 2.05. The number of nitrogens with two attached hydrogens (primary N) is 1. The van der Waals surface area contributed by atoms with Crippen molar-refractivity contribution in [1.29, 1.82) is 0 Å². The summed E-state index contributed by atoms with van der Waals surface area (Å²) in [5.41, 5.74) is 8.18. The Bertz CT molecular complexity index is 218. The topological polar surface area (TPSA) is 26.0 Å². The van der Waals surface area contributed by atoms with Crippen LogP contribution in [0.1, 0.15) is 24.0 Å². The van der Waals surface area contributed by atoms with Crippen molar-refractivity contribution in [1.82, 2.24) is 0 Å². The predicted molar refractivity (Wildman–Crippen MR) is 55.9 cm³/mol. The fourth-order valence-corrected chi connectivity index (χ4v) is 1.03. The zero-order valence-corrected chi connectivity index (χ0v) is 8.40. The van der Waals surface area contributed by atoms with Gasteiger partial charge in [0.25, 0.3) is 0 Å². The molecule has 0 saturated heterocycles. The third-order valence-corrected chi connectivity index (χ3v) is 2.00. The van der Waals surface area contributed by atoms with Gasteiger partial charge in [0, 0.05) is 0 Å². The lowest BCUT2D eigenvalue weighted by Gasteiger charge is -2.07. The lowest BCUT2D eigenvalue weighted by Crippen LogP contribution is -2.08. The molecule has 0 fully saturated rings. The number of hydrogen-bond donors (Lipinski definition) is 1. The quantitative estimate of drug-likeness (QED) is 0.753. The minimum Gasteiger partial charge on any atom is -0.330 e. The van der Waals surface area contributed by atoms with Crippen LogP contribution in [-0.2, 0) is 0 Å². The van der Waals surface area contributed by atoms with Gasteiger partial charge in [-0.3, -0.25) is 0 Å². The fourth-order valence-electron chi connectivity index (χ4n) is 1.03. The minimum atomic E-state index is 0. The van der Waals surface area contributed by atoms with Crippen molar-refractivity contribution in [3.8, 4) is 0 Å². The summed E-state index contributed by atoms with van der Waals surface area (Å²) in [6, 6.07) is 8.54. The van der Waals surface area contributed by atoms with Crippen molar-refractivity contribution >= 4 is 12.4 Å². The van der Waals surface area contributed by atoms with Gasteiger partial charge in [-0.1, -0.05) is 36.8 Å². The highest BCUT2D eigenvalue weighted by Gasteiger charge is 2.00. The van der Waals surface area contributed by atoms with Crippen LogP contribution in [0.4, 0.5) is 0 Å². The second-order valence-electron chi connectivity index (χ2n) is 3.05. The maximum absolute atomic E-state index is 5.54. The first kappa shape index (κ1) is 11.5. The molecule has 12 heavy (non-hydrogen) atoms. The third-order valence-electron chi connectivity index (χ3n) is 2.00. The summed E-state index contributed by atoms with van der Waals surface area (Å²) in [6.07, 6.45) is 0. The second kappa shape index (κ2) is 5.18. The molecular formula is C10H16ClN. The van der Waals surface area contributed by atoms with Crippen molar-refractivity contribution in [3.05, 3.63) is 35.4 Å². The van der Waals surface area contributed by atoms with Gasteiger partial charge in [-0.05, 0) is 24.9 Å². The monoisotopic (exact) mass is 185 g/mol. The Hall–Kier alpha value is -0.530. The SMILES string of the molecule is Cc1ccc(C(C)CN)cc1.Cl. The Morgan fingerprint density at radius 3 is 2.17 bits per heavy atom. The van der Waals surface area contributed by atoms with E-state index < -0.39 is 0 Å². The van der Waals surface area contributed by atoms with Crippen LogP contribution in [0.15, 0.2) is 24.3 Å². The van der Waals surface area contributed by atoms with E-state index >= 15 is 0 Å². The van der Waals surface area contributed by atoms with Crippen LogP contribution in [0, 0.1) is 6.92 Å². The van der Waals surface area contributed by atoms with Gasteiger partial charge >= 0.3 is 0 Å².